The summed E-state index contributed by atoms with van der Waals surface area (Å²) in [4.78, 5) is 11.3. The third kappa shape index (κ3) is 10.3. The summed E-state index contributed by atoms with van der Waals surface area (Å²) in [5, 5.41) is 2.66. The lowest BCUT2D eigenvalue weighted by atomic mass is 10.0. The van der Waals surface area contributed by atoms with Crippen molar-refractivity contribution in [2.75, 3.05) is 26.3 Å². The molecule has 0 aromatic heterocycles. The van der Waals surface area contributed by atoms with Gasteiger partial charge in [-0.1, -0.05) is 13.3 Å². The molecule has 0 bridgehead atoms. The van der Waals surface area contributed by atoms with E-state index in [1.165, 1.54) is 0 Å². The maximum Gasteiger partial charge on any atom is 0.411 e. The lowest BCUT2D eigenvalue weighted by Gasteiger charge is -2.14. The van der Waals surface area contributed by atoms with Crippen LogP contribution in [-0.4, -0.2) is 38.4 Å². The molecule has 0 heterocycles. The molecule has 1 amide bonds. The topological polar surface area (TPSA) is 64.3 Å². The molecule has 1 atom stereocenters. The van der Waals surface area contributed by atoms with Crippen molar-refractivity contribution in [3.63, 3.8) is 0 Å². The zero-order chi connectivity index (χ0) is 14.0. The first-order chi connectivity index (χ1) is 8.39. The second-order valence-corrected chi connectivity index (χ2v) is 4.07. The van der Waals surface area contributed by atoms with E-state index in [9.17, 15) is 18.0 Å². The SMILES string of the molecule is CCC(CCN)CNC(=O)CCOCC(F)(F)F. The van der Waals surface area contributed by atoms with Crippen molar-refractivity contribution in [2.45, 2.75) is 32.4 Å². The fourth-order valence-corrected chi connectivity index (χ4v) is 1.39. The Morgan fingerprint density at radius 2 is 2.11 bits per heavy atom. The highest BCUT2D eigenvalue weighted by molar-refractivity contribution is 5.75. The molecule has 0 radical (unpaired) electrons. The number of rotatable bonds is 9. The summed E-state index contributed by atoms with van der Waals surface area (Å²) in [5.41, 5.74) is 5.41. The van der Waals surface area contributed by atoms with Gasteiger partial charge in [-0.15, -0.1) is 0 Å². The molecule has 7 heteroatoms. The van der Waals surface area contributed by atoms with E-state index in [1.54, 1.807) is 0 Å². The molecule has 0 fully saturated rings. The lowest BCUT2D eigenvalue weighted by molar-refractivity contribution is -0.174. The molecule has 0 aliphatic carbocycles. The van der Waals surface area contributed by atoms with E-state index in [1.807, 2.05) is 6.92 Å². The van der Waals surface area contributed by atoms with Gasteiger partial charge >= 0.3 is 6.18 Å². The van der Waals surface area contributed by atoms with Gasteiger partial charge in [0, 0.05) is 13.0 Å². The van der Waals surface area contributed by atoms with Gasteiger partial charge in [0.2, 0.25) is 5.91 Å². The van der Waals surface area contributed by atoms with Gasteiger partial charge in [0.15, 0.2) is 0 Å². The quantitative estimate of drug-likeness (QED) is 0.623. The first-order valence-corrected chi connectivity index (χ1v) is 6.00. The Balaban J connectivity index is 3.59. The minimum absolute atomic E-state index is 0.0604. The van der Waals surface area contributed by atoms with Crippen LogP contribution in [0.2, 0.25) is 0 Å². The van der Waals surface area contributed by atoms with Gasteiger partial charge in [-0.3, -0.25) is 4.79 Å². The molecular formula is C11H21F3N2O2. The number of carbonyl (C=O) groups is 1. The zero-order valence-corrected chi connectivity index (χ0v) is 10.6. The predicted molar refractivity (Wildman–Crippen MR) is 62.0 cm³/mol. The molecule has 0 spiro atoms. The minimum atomic E-state index is -4.34. The van der Waals surface area contributed by atoms with Gasteiger partial charge in [0.25, 0.3) is 0 Å². The highest BCUT2D eigenvalue weighted by Crippen LogP contribution is 2.14. The number of hydrogen-bond acceptors (Lipinski definition) is 3. The van der Waals surface area contributed by atoms with E-state index < -0.39 is 12.8 Å². The molecule has 1 unspecified atom stereocenters. The molecule has 0 saturated carbocycles. The number of ether oxygens (including phenoxy) is 1. The minimum Gasteiger partial charge on any atom is -0.372 e. The number of alkyl halides is 3. The first kappa shape index (κ1) is 17.2. The molecular weight excluding hydrogens is 249 g/mol. The standard InChI is InChI=1S/C11H21F3N2O2/c1-2-9(3-5-15)7-16-10(17)4-6-18-8-11(12,13)14/h9H,2-8,15H2,1H3,(H,16,17). The van der Waals surface area contributed by atoms with Crippen LogP contribution in [0.5, 0.6) is 0 Å². The van der Waals surface area contributed by atoms with E-state index in [-0.39, 0.29) is 18.9 Å². The van der Waals surface area contributed by atoms with Crippen molar-refractivity contribution in [1.29, 1.82) is 0 Å². The maximum absolute atomic E-state index is 11.7. The molecule has 0 rings (SSSR count). The summed E-state index contributed by atoms with van der Waals surface area (Å²) in [6, 6.07) is 0. The molecule has 0 aromatic rings. The van der Waals surface area contributed by atoms with Crippen molar-refractivity contribution < 1.29 is 22.7 Å². The van der Waals surface area contributed by atoms with Crippen molar-refractivity contribution in [3.05, 3.63) is 0 Å². The van der Waals surface area contributed by atoms with Crippen molar-refractivity contribution in [3.8, 4) is 0 Å². The summed E-state index contributed by atoms with van der Waals surface area (Å²) < 4.78 is 39.5. The number of halogens is 3. The highest BCUT2D eigenvalue weighted by atomic mass is 19.4. The Bertz CT molecular complexity index is 235. The Labute approximate surface area is 105 Å². The number of nitrogens with one attached hydrogen (secondary N) is 1. The molecule has 0 aliphatic heterocycles. The van der Waals surface area contributed by atoms with E-state index >= 15 is 0 Å². The largest absolute Gasteiger partial charge is 0.411 e. The average Bonchev–Trinajstić information content (AvgIpc) is 2.29. The number of amides is 1. The summed E-state index contributed by atoms with van der Waals surface area (Å²) in [6.45, 7) is 1.53. The third-order valence-electron chi connectivity index (χ3n) is 2.48. The van der Waals surface area contributed by atoms with Crippen LogP contribution in [0, 0.1) is 5.92 Å². The third-order valence-corrected chi connectivity index (χ3v) is 2.48. The molecule has 4 nitrogen and oxygen atoms in total. The van der Waals surface area contributed by atoms with E-state index in [0.29, 0.717) is 19.0 Å². The van der Waals surface area contributed by atoms with Crippen LogP contribution in [0.15, 0.2) is 0 Å². The van der Waals surface area contributed by atoms with Crippen LogP contribution in [0.25, 0.3) is 0 Å². The van der Waals surface area contributed by atoms with E-state index in [4.69, 9.17) is 5.73 Å². The highest BCUT2D eigenvalue weighted by Gasteiger charge is 2.27. The van der Waals surface area contributed by atoms with Crippen molar-refractivity contribution in [1.82, 2.24) is 5.32 Å². The van der Waals surface area contributed by atoms with Gasteiger partial charge in [-0.05, 0) is 18.9 Å². The van der Waals surface area contributed by atoms with Crippen LogP contribution >= 0.6 is 0 Å². The van der Waals surface area contributed by atoms with Crippen molar-refractivity contribution >= 4 is 5.91 Å². The Kier molecular flexibility index (Phi) is 8.74. The van der Waals surface area contributed by atoms with Crippen LogP contribution in [0.1, 0.15) is 26.2 Å². The molecule has 3 N–H and O–H groups in total. The Morgan fingerprint density at radius 3 is 2.61 bits per heavy atom. The monoisotopic (exact) mass is 270 g/mol. The summed E-state index contributed by atoms with van der Waals surface area (Å²) in [7, 11) is 0. The molecule has 0 aliphatic rings. The normalized spacial score (nSPS) is 13.4. The van der Waals surface area contributed by atoms with Gasteiger partial charge < -0.3 is 15.8 Å². The zero-order valence-electron chi connectivity index (χ0n) is 10.6. The van der Waals surface area contributed by atoms with Crippen LogP contribution in [0.3, 0.4) is 0 Å². The fraction of sp³-hybridized carbons (Fsp3) is 0.909. The van der Waals surface area contributed by atoms with Gasteiger partial charge in [-0.2, -0.15) is 13.2 Å². The van der Waals surface area contributed by atoms with E-state index in [0.717, 1.165) is 12.8 Å². The number of hydrogen-bond donors (Lipinski definition) is 2. The predicted octanol–water partition coefficient (Wildman–Crippen LogP) is 1.45. The summed E-state index contributed by atoms with van der Waals surface area (Å²) in [5.74, 6) is 0.0164. The van der Waals surface area contributed by atoms with Gasteiger partial charge in [0.05, 0.1) is 6.61 Å². The molecule has 18 heavy (non-hydrogen) atoms. The van der Waals surface area contributed by atoms with Gasteiger partial charge in [-0.25, -0.2) is 0 Å². The first-order valence-electron chi connectivity index (χ1n) is 6.00. The Morgan fingerprint density at radius 1 is 1.44 bits per heavy atom. The maximum atomic E-state index is 11.7. The Hall–Kier alpha value is -0.820. The van der Waals surface area contributed by atoms with Gasteiger partial charge in [0.1, 0.15) is 6.61 Å². The summed E-state index contributed by atoms with van der Waals surface area (Å²) >= 11 is 0. The average molecular weight is 270 g/mol. The number of carbonyl (C=O) groups excluding carboxylic acids is 1. The smallest absolute Gasteiger partial charge is 0.372 e. The van der Waals surface area contributed by atoms with E-state index in [2.05, 4.69) is 10.1 Å². The second kappa shape index (κ2) is 9.16. The second-order valence-electron chi connectivity index (χ2n) is 4.07. The molecule has 0 saturated heterocycles. The molecule has 108 valence electrons. The molecule has 0 aromatic carbocycles. The number of nitrogens with two attached hydrogens (primary N) is 1. The summed E-state index contributed by atoms with van der Waals surface area (Å²) in [6.07, 6.45) is -2.68. The van der Waals surface area contributed by atoms with Crippen LogP contribution < -0.4 is 11.1 Å². The lowest BCUT2D eigenvalue weighted by Crippen LogP contribution is -2.31. The van der Waals surface area contributed by atoms with Crippen molar-refractivity contribution in [2.24, 2.45) is 11.7 Å². The van der Waals surface area contributed by atoms with Crippen LogP contribution in [0.4, 0.5) is 13.2 Å². The fourth-order valence-electron chi connectivity index (χ4n) is 1.39. The van der Waals surface area contributed by atoms with Crippen LogP contribution in [-0.2, 0) is 9.53 Å².